The van der Waals surface area contributed by atoms with E-state index in [-0.39, 0.29) is 0 Å². The summed E-state index contributed by atoms with van der Waals surface area (Å²) in [5, 5.41) is 8.11. The third-order valence-corrected chi connectivity index (χ3v) is 3.95. The Morgan fingerprint density at radius 1 is 1.40 bits per heavy atom. The van der Waals surface area contributed by atoms with Gasteiger partial charge in [0.05, 0.1) is 35.6 Å². The van der Waals surface area contributed by atoms with Gasteiger partial charge in [-0.2, -0.15) is 5.10 Å². The number of nitrogens with one attached hydrogen (secondary N) is 1. The molecule has 20 heavy (non-hydrogen) atoms. The van der Waals surface area contributed by atoms with E-state index in [1.165, 1.54) is 12.1 Å². The Morgan fingerprint density at radius 2 is 2.15 bits per heavy atom. The molecule has 1 N–H and O–H groups in total. The predicted octanol–water partition coefficient (Wildman–Crippen LogP) is 3.77. The summed E-state index contributed by atoms with van der Waals surface area (Å²) in [5.74, 6) is 0.718. The Morgan fingerprint density at radius 3 is 2.75 bits per heavy atom. The van der Waals surface area contributed by atoms with E-state index in [2.05, 4.69) is 51.8 Å². The van der Waals surface area contributed by atoms with Gasteiger partial charge >= 0.3 is 0 Å². The first-order valence-electron chi connectivity index (χ1n) is 7.53. The molecule has 116 valence electrons. The highest BCUT2D eigenvalue weighted by Crippen LogP contribution is 2.27. The van der Waals surface area contributed by atoms with E-state index >= 15 is 0 Å². The van der Waals surface area contributed by atoms with Crippen LogP contribution in [0.1, 0.15) is 51.8 Å². The van der Waals surface area contributed by atoms with Crippen LogP contribution in [0.25, 0.3) is 0 Å². The highest BCUT2D eigenvalue weighted by atomic mass is 79.9. The van der Waals surface area contributed by atoms with Gasteiger partial charge in [-0.15, -0.1) is 0 Å². The minimum atomic E-state index is 0.353. The molecule has 0 aliphatic heterocycles. The molecule has 1 heterocycles. The number of hydrogen-bond donors (Lipinski definition) is 1. The van der Waals surface area contributed by atoms with Crippen LogP contribution in [0.4, 0.5) is 0 Å². The number of hydrogen-bond acceptors (Lipinski definition) is 3. The van der Waals surface area contributed by atoms with Crippen LogP contribution in [-0.4, -0.2) is 30.0 Å². The van der Waals surface area contributed by atoms with Crippen molar-refractivity contribution in [1.82, 2.24) is 15.1 Å². The zero-order chi connectivity index (χ0) is 15.0. The summed E-state index contributed by atoms with van der Waals surface area (Å²) in [6.07, 6.45) is 5.38. The smallest absolute Gasteiger partial charge is 0.0696 e. The van der Waals surface area contributed by atoms with E-state index in [1.807, 2.05) is 6.20 Å². The van der Waals surface area contributed by atoms with Crippen molar-refractivity contribution in [3.05, 3.63) is 16.4 Å². The minimum absolute atomic E-state index is 0.353. The highest BCUT2D eigenvalue weighted by molar-refractivity contribution is 9.10. The van der Waals surface area contributed by atoms with Crippen molar-refractivity contribution >= 4 is 15.9 Å². The molecule has 0 amide bonds. The molecule has 1 atom stereocenters. The maximum atomic E-state index is 5.17. The lowest BCUT2D eigenvalue weighted by molar-refractivity contribution is 0.181. The van der Waals surface area contributed by atoms with Gasteiger partial charge in [-0.25, -0.2) is 0 Å². The van der Waals surface area contributed by atoms with Crippen molar-refractivity contribution in [3.8, 4) is 0 Å². The number of aromatic nitrogens is 2. The van der Waals surface area contributed by atoms with E-state index in [9.17, 15) is 0 Å². The summed E-state index contributed by atoms with van der Waals surface area (Å²) in [4.78, 5) is 0. The number of methoxy groups -OCH3 is 1. The third kappa shape index (κ3) is 5.54. The first kappa shape index (κ1) is 17.7. The van der Waals surface area contributed by atoms with Crippen LogP contribution in [0.15, 0.2) is 10.7 Å². The van der Waals surface area contributed by atoms with E-state index in [1.54, 1.807) is 7.11 Å². The number of nitrogens with zero attached hydrogens (tertiary/aromatic N) is 2. The molecule has 0 radical (unpaired) electrons. The Bertz CT molecular complexity index is 379. The average Bonchev–Trinajstić information content (AvgIpc) is 2.78. The zero-order valence-corrected chi connectivity index (χ0v) is 14.7. The maximum absolute atomic E-state index is 5.17. The second-order valence-corrected chi connectivity index (χ2v) is 6.43. The van der Waals surface area contributed by atoms with Crippen LogP contribution in [0.3, 0.4) is 0 Å². The molecule has 0 fully saturated rings. The largest absolute Gasteiger partial charge is 0.383 e. The van der Waals surface area contributed by atoms with E-state index in [4.69, 9.17) is 4.74 Å². The van der Waals surface area contributed by atoms with E-state index < -0.39 is 0 Å². The third-order valence-electron chi connectivity index (χ3n) is 3.34. The quantitative estimate of drug-likeness (QED) is 0.701. The molecule has 1 aromatic heterocycles. The Balaban J connectivity index is 2.83. The molecule has 0 bridgehead atoms. The summed E-state index contributed by atoms with van der Waals surface area (Å²) in [6.45, 7) is 9.26. The molecule has 1 rings (SSSR count). The molecular weight excluding hydrogens is 318 g/mol. The van der Waals surface area contributed by atoms with Gasteiger partial charge in [0.1, 0.15) is 0 Å². The molecule has 1 aromatic rings. The Hall–Kier alpha value is -0.390. The SMILES string of the molecule is CCCNC(CCC(C)C)c1c(Br)cnn1CCOC. The molecule has 0 spiro atoms. The molecular formula is C15H28BrN3O. The van der Waals surface area contributed by atoms with Crippen molar-refractivity contribution in [1.29, 1.82) is 0 Å². The Labute approximate surface area is 131 Å². The molecule has 1 unspecified atom stereocenters. The van der Waals surface area contributed by atoms with Gasteiger partial charge in [0.2, 0.25) is 0 Å². The first-order chi connectivity index (χ1) is 9.60. The van der Waals surface area contributed by atoms with Gasteiger partial charge in [-0.05, 0) is 47.7 Å². The van der Waals surface area contributed by atoms with Gasteiger partial charge in [0.15, 0.2) is 0 Å². The molecule has 0 saturated carbocycles. The topological polar surface area (TPSA) is 39.1 Å². The lowest BCUT2D eigenvalue weighted by Gasteiger charge is -2.21. The summed E-state index contributed by atoms with van der Waals surface area (Å²) in [6, 6.07) is 0.353. The van der Waals surface area contributed by atoms with Crippen molar-refractivity contribution in [2.45, 2.75) is 52.6 Å². The number of rotatable bonds is 10. The van der Waals surface area contributed by atoms with Crippen molar-refractivity contribution in [2.24, 2.45) is 5.92 Å². The molecule has 0 aromatic carbocycles. The second-order valence-electron chi connectivity index (χ2n) is 5.57. The summed E-state index contributed by atoms with van der Waals surface area (Å²) in [5.41, 5.74) is 1.25. The van der Waals surface area contributed by atoms with Gasteiger partial charge < -0.3 is 10.1 Å². The van der Waals surface area contributed by atoms with E-state index in [0.717, 1.165) is 36.3 Å². The van der Waals surface area contributed by atoms with Gasteiger partial charge in [-0.3, -0.25) is 4.68 Å². The van der Waals surface area contributed by atoms with Crippen LogP contribution in [-0.2, 0) is 11.3 Å². The highest BCUT2D eigenvalue weighted by Gasteiger charge is 2.19. The normalized spacial score (nSPS) is 13.1. The molecule has 0 aliphatic carbocycles. The first-order valence-corrected chi connectivity index (χ1v) is 8.32. The van der Waals surface area contributed by atoms with Crippen molar-refractivity contribution < 1.29 is 4.74 Å². The number of ether oxygens (including phenoxy) is 1. The molecule has 4 nitrogen and oxygen atoms in total. The number of halogens is 1. The van der Waals surface area contributed by atoms with Crippen molar-refractivity contribution in [2.75, 3.05) is 20.3 Å². The lowest BCUT2D eigenvalue weighted by Crippen LogP contribution is -2.26. The van der Waals surface area contributed by atoms with Crippen LogP contribution >= 0.6 is 15.9 Å². The van der Waals surface area contributed by atoms with Crippen LogP contribution in [0.2, 0.25) is 0 Å². The van der Waals surface area contributed by atoms with E-state index in [0.29, 0.717) is 12.6 Å². The van der Waals surface area contributed by atoms with Gasteiger partial charge in [0, 0.05) is 7.11 Å². The maximum Gasteiger partial charge on any atom is 0.0696 e. The fourth-order valence-corrected chi connectivity index (χ4v) is 2.80. The summed E-state index contributed by atoms with van der Waals surface area (Å²) in [7, 11) is 1.73. The average molecular weight is 346 g/mol. The van der Waals surface area contributed by atoms with Crippen LogP contribution in [0.5, 0.6) is 0 Å². The lowest BCUT2D eigenvalue weighted by atomic mass is 10.0. The molecule has 5 heteroatoms. The van der Waals surface area contributed by atoms with Crippen molar-refractivity contribution in [3.63, 3.8) is 0 Å². The molecule has 0 saturated heterocycles. The minimum Gasteiger partial charge on any atom is -0.383 e. The summed E-state index contributed by atoms with van der Waals surface area (Å²) >= 11 is 3.64. The fraction of sp³-hybridized carbons (Fsp3) is 0.800. The van der Waals surface area contributed by atoms with Gasteiger partial charge in [0.25, 0.3) is 0 Å². The van der Waals surface area contributed by atoms with Crippen LogP contribution < -0.4 is 5.32 Å². The van der Waals surface area contributed by atoms with Gasteiger partial charge in [-0.1, -0.05) is 20.8 Å². The second kappa shape index (κ2) is 9.53. The standard InChI is InChI=1S/C15H28BrN3O/c1-5-8-17-14(7-6-12(2)3)15-13(16)11-18-19(15)9-10-20-4/h11-12,14,17H,5-10H2,1-4H3. The summed E-state index contributed by atoms with van der Waals surface area (Å²) < 4.78 is 8.32. The Kier molecular flexibility index (Phi) is 8.41. The zero-order valence-electron chi connectivity index (χ0n) is 13.2. The fourth-order valence-electron chi connectivity index (χ4n) is 2.23. The monoisotopic (exact) mass is 345 g/mol. The molecule has 0 aliphatic rings. The predicted molar refractivity (Wildman–Crippen MR) is 86.9 cm³/mol. The van der Waals surface area contributed by atoms with Crippen LogP contribution in [0, 0.1) is 5.92 Å².